The van der Waals surface area contributed by atoms with Gasteiger partial charge in [-0.2, -0.15) is 0 Å². The van der Waals surface area contributed by atoms with Crippen LogP contribution in [0.15, 0.2) is 235 Å². The summed E-state index contributed by atoms with van der Waals surface area (Å²) in [6.45, 7) is 0. The molecule has 0 aliphatic heterocycles. The second kappa shape index (κ2) is 15.6. The summed E-state index contributed by atoms with van der Waals surface area (Å²) in [5.41, 5.74) is 18.9. The third-order valence-corrected chi connectivity index (χ3v) is 14.7. The first-order valence-electron chi connectivity index (χ1n) is 22.7. The van der Waals surface area contributed by atoms with Crippen LogP contribution in [0.25, 0.3) is 70.6 Å². The molecule has 11 aromatic rings. The van der Waals surface area contributed by atoms with Gasteiger partial charge in [0.15, 0.2) is 0 Å². The third kappa shape index (κ3) is 6.06. The summed E-state index contributed by atoms with van der Waals surface area (Å²) >= 11 is 1.74. The van der Waals surface area contributed by atoms with E-state index in [1.165, 1.54) is 44.5 Å². The second-order valence-electron chi connectivity index (χ2n) is 17.3. The van der Waals surface area contributed by atoms with Crippen LogP contribution >= 0.6 is 11.3 Å². The van der Waals surface area contributed by atoms with Gasteiger partial charge in [0, 0.05) is 44.5 Å². The van der Waals surface area contributed by atoms with E-state index < -0.39 is 5.41 Å². The highest BCUT2D eigenvalue weighted by molar-refractivity contribution is 7.21. The number of thiazole rings is 1. The molecule has 0 unspecified atom stereocenters. The third-order valence-electron chi connectivity index (χ3n) is 13.7. The molecular weight excluding hydrogens is 821 g/mol. The number of para-hydroxylation sites is 2. The quantitative estimate of drug-likeness (QED) is 0.152. The average Bonchev–Trinajstić information content (AvgIpc) is 4.09. The minimum absolute atomic E-state index is 0.526. The van der Waals surface area contributed by atoms with Gasteiger partial charge in [0.25, 0.3) is 0 Å². The number of anilines is 3. The van der Waals surface area contributed by atoms with E-state index in [4.69, 9.17) is 9.40 Å². The summed E-state index contributed by atoms with van der Waals surface area (Å²) in [5, 5.41) is 3.30. The Morgan fingerprint density at radius 3 is 1.82 bits per heavy atom. The van der Waals surface area contributed by atoms with Gasteiger partial charge in [0.2, 0.25) is 0 Å². The van der Waals surface area contributed by atoms with Crippen LogP contribution in [0.1, 0.15) is 40.7 Å². The van der Waals surface area contributed by atoms with Crippen LogP contribution in [-0.4, -0.2) is 4.98 Å². The topological polar surface area (TPSA) is 29.3 Å². The van der Waals surface area contributed by atoms with Crippen LogP contribution < -0.4 is 4.90 Å². The van der Waals surface area contributed by atoms with Gasteiger partial charge in [-0.1, -0.05) is 188 Å². The SMILES string of the molecule is C1=CCCC(c2cccc3c2oc2c(-c4ccc(N(c5ccc6c(c5)C(c5ccccc5)(c5ccccc5)c5ccccc5-6)c5ccc6nc(-c7ccccc7)sc6c5)cc4)cccc23)=C1. The molecule has 2 aromatic heterocycles. The molecule has 0 bridgehead atoms. The zero-order valence-corrected chi connectivity index (χ0v) is 36.9. The zero-order chi connectivity index (χ0) is 43.6. The van der Waals surface area contributed by atoms with Crippen LogP contribution in [0.2, 0.25) is 0 Å². The Hall–Kier alpha value is -8.05. The lowest BCUT2D eigenvalue weighted by Crippen LogP contribution is -2.28. The van der Waals surface area contributed by atoms with E-state index in [9.17, 15) is 0 Å². The lowest BCUT2D eigenvalue weighted by atomic mass is 9.67. The van der Waals surface area contributed by atoms with Crippen molar-refractivity contribution in [2.24, 2.45) is 0 Å². The Bertz CT molecular complexity index is 3650. The number of rotatable bonds is 8. The van der Waals surface area contributed by atoms with Crippen molar-refractivity contribution in [3.8, 4) is 32.8 Å². The Labute approximate surface area is 387 Å². The molecule has 312 valence electrons. The molecule has 2 heterocycles. The van der Waals surface area contributed by atoms with Crippen molar-refractivity contribution in [1.29, 1.82) is 0 Å². The van der Waals surface area contributed by atoms with E-state index in [0.29, 0.717) is 0 Å². The van der Waals surface area contributed by atoms with Crippen LogP contribution in [0.3, 0.4) is 0 Å². The number of hydrogen-bond acceptors (Lipinski definition) is 4. The van der Waals surface area contributed by atoms with Gasteiger partial charge < -0.3 is 9.32 Å². The van der Waals surface area contributed by atoms with Crippen LogP contribution in [0.4, 0.5) is 17.1 Å². The molecule has 0 saturated carbocycles. The number of hydrogen-bond donors (Lipinski definition) is 0. The maximum atomic E-state index is 6.90. The fourth-order valence-electron chi connectivity index (χ4n) is 10.7. The lowest BCUT2D eigenvalue weighted by molar-refractivity contribution is 0.668. The molecule has 66 heavy (non-hydrogen) atoms. The first kappa shape index (κ1) is 38.4. The maximum Gasteiger partial charge on any atom is 0.143 e. The Balaban J connectivity index is 0.989. The number of fused-ring (bicyclic) bond motifs is 7. The molecule has 0 N–H and O–H groups in total. The molecule has 0 fully saturated rings. The Morgan fingerprint density at radius 2 is 1.09 bits per heavy atom. The van der Waals surface area contributed by atoms with Gasteiger partial charge in [-0.25, -0.2) is 4.98 Å². The Kier molecular flexibility index (Phi) is 9.07. The van der Waals surface area contributed by atoms with Crippen molar-refractivity contribution >= 4 is 66.1 Å². The largest absolute Gasteiger partial charge is 0.455 e. The summed E-state index contributed by atoms with van der Waals surface area (Å²) in [7, 11) is 0. The highest BCUT2D eigenvalue weighted by Crippen LogP contribution is 2.57. The number of aromatic nitrogens is 1. The average molecular weight is 863 g/mol. The molecule has 0 spiro atoms. The van der Waals surface area contributed by atoms with E-state index in [1.54, 1.807) is 11.3 Å². The van der Waals surface area contributed by atoms with Gasteiger partial charge in [-0.05, 0) is 99.8 Å². The molecule has 9 aromatic carbocycles. The molecule has 0 amide bonds. The fraction of sp³-hybridized carbons (Fsp3) is 0.0484. The molecule has 2 aliphatic carbocycles. The van der Waals surface area contributed by atoms with Gasteiger partial charge in [-0.15, -0.1) is 11.3 Å². The van der Waals surface area contributed by atoms with Gasteiger partial charge in [0.05, 0.1) is 15.6 Å². The highest BCUT2D eigenvalue weighted by Gasteiger charge is 2.46. The van der Waals surface area contributed by atoms with E-state index in [1.807, 2.05) is 0 Å². The van der Waals surface area contributed by atoms with E-state index in [2.05, 4.69) is 235 Å². The number of furan rings is 1. The minimum atomic E-state index is -0.526. The summed E-state index contributed by atoms with van der Waals surface area (Å²) in [5.74, 6) is 0. The first-order valence-corrected chi connectivity index (χ1v) is 23.6. The van der Waals surface area contributed by atoms with Gasteiger partial charge in [0.1, 0.15) is 16.2 Å². The van der Waals surface area contributed by atoms with Crippen molar-refractivity contribution < 1.29 is 4.42 Å². The van der Waals surface area contributed by atoms with Crippen molar-refractivity contribution in [3.63, 3.8) is 0 Å². The van der Waals surface area contributed by atoms with Crippen molar-refractivity contribution in [3.05, 3.63) is 258 Å². The number of allylic oxidation sites excluding steroid dienone is 4. The molecule has 3 nitrogen and oxygen atoms in total. The second-order valence-corrected chi connectivity index (χ2v) is 18.3. The first-order chi connectivity index (χ1) is 32.7. The summed E-state index contributed by atoms with van der Waals surface area (Å²) < 4.78 is 8.03. The number of nitrogens with zero attached hydrogens (tertiary/aromatic N) is 2. The van der Waals surface area contributed by atoms with E-state index in [-0.39, 0.29) is 0 Å². The molecule has 0 atom stereocenters. The molecule has 4 heteroatoms. The predicted molar refractivity (Wildman–Crippen MR) is 276 cm³/mol. The number of benzene rings is 9. The monoisotopic (exact) mass is 862 g/mol. The van der Waals surface area contributed by atoms with Gasteiger partial charge >= 0.3 is 0 Å². The van der Waals surface area contributed by atoms with E-state index in [0.717, 1.165) is 83.8 Å². The molecule has 2 aliphatic rings. The van der Waals surface area contributed by atoms with Crippen molar-refractivity contribution in [2.75, 3.05) is 4.90 Å². The van der Waals surface area contributed by atoms with Crippen LogP contribution in [-0.2, 0) is 5.41 Å². The molecule has 0 saturated heterocycles. The molecular formula is C62H42N2OS. The summed E-state index contributed by atoms with van der Waals surface area (Å²) in [6, 6.07) is 77.4. The summed E-state index contributed by atoms with van der Waals surface area (Å²) in [4.78, 5) is 7.50. The van der Waals surface area contributed by atoms with Gasteiger partial charge in [-0.3, -0.25) is 0 Å². The standard InChI is InChI=1S/C62H42N2OS/c1-5-17-41(18-6-1)49-26-15-28-53-54-29-16-27-50(60(54)65-59(49)53)42-31-33-46(34-32-42)64(48-36-38-57-58(40-48)66-61(63-57)43-19-7-2-8-20-43)47-35-37-52-51-25-13-14-30-55(51)62(56(52)39-47,44-21-9-3-10-22-44)45-23-11-4-12-24-45/h1-5,7-17,19-40H,6,18H2. The molecule has 0 radical (unpaired) electrons. The highest BCUT2D eigenvalue weighted by atomic mass is 32.1. The Morgan fingerprint density at radius 1 is 0.485 bits per heavy atom. The van der Waals surface area contributed by atoms with Crippen LogP contribution in [0.5, 0.6) is 0 Å². The minimum Gasteiger partial charge on any atom is -0.455 e. The molecule has 13 rings (SSSR count). The van der Waals surface area contributed by atoms with E-state index >= 15 is 0 Å². The smallest absolute Gasteiger partial charge is 0.143 e. The lowest BCUT2D eigenvalue weighted by Gasteiger charge is -2.35. The van der Waals surface area contributed by atoms with Crippen molar-refractivity contribution in [2.45, 2.75) is 18.3 Å². The predicted octanol–water partition coefficient (Wildman–Crippen LogP) is 17.1. The zero-order valence-electron chi connectivity index (χ0n) is 36.1. The fourth-order valence-corrected chi connectivity index (χ4v) is 11.7. The summed E-state index contributed by atoms with van der Waals surface area (Å²) in [6.07, 6.45) is 8.69. The maximum absolute atomic E-state index is 6.90. The van der Waals surface area contributed by atoms with Crippen LogP contribution in [0, 0.1) is 0 Å². The van der Waals surface area contributed by atoms with Crippen molar-refractivity contribution in [1.82, 2.24) is 4.98 Å². The normalized spacial score (nSPS) is 13.8.